The van der Waals surface area contributed by atoms with Gasteiger partial charge in [-0.3, -0.25) is 9.78 Å². The lowest BCUT2D eigenvalue weighted by Crippen LogP contribution is -2.47. The number of pyridine rings is 1. The van der Waals surface area contributed by atoms with Crippen LogP contribution in [-0.4, -0.2) is 60.4 Å². The Hall–Kier alpha value is -1.47. The number of amides is 1. The minimum Gasteiger partial charge on any atom is -0.338 e. The van der Waals surface area contributed by atoms with Crippen LogP contribution in [0.25, 0.3) is 0 Å². The molecule has 7 heteroatoms. The largest absolute Gasteiger partial charge is 0.338 e. The number of sulfonamides is 1. The molecule has 2 atom stereocenters. The summed E-state index contributed by atoms with van der Waals surface area (Å²) in [5.74, 6) is 0.379. The predicted molar refractivity (Wildman–Crippen MR) is 87.2 cm³/mol. The van der Waals surface area contributed by atoms with Gasteiger partial charge in [-0.25, -0.2) is 8.42 Å². The van der Waals surface area contributed by atoms with Crippen molar-refractivity contribution in [3.8, 4) is 0 Å². The molecule has 3 aliphatic rings. The molecule has 3 saturated heterocycles. The van der Waals surface area contributed by atoms with Gasteiger partial charge in [-0.2, -0.15) is 4.31 Å². The molecule has 0 aromatic carbocycles. The molecule has 0 spiro atoms. The van der Waals surface area contributed by atoms with Crippen LogP contribution in [-0.2, 0) is 21.2 Å². The van der Waals surface area contributed by atoms with E-state index >= 15 is 0 Å². The predicted octanol–water partition coefficient (Wildman–Crippen LogP) is 0.897. The van der Waals surface area contributed by atoms with Crippen LogP contribution in [0.4, 0.5) is 0 Å². The minimum absolute atomic E-state index is 0.0184. The Bertz CT molecular complexity index is 662. The first-order chi connectivity index (χ1) is 10.9. The Morgan fingerprint density at radius 2 is 2.13 bits per heavy atom. The number of nitrogens with zero attached hydrogens (tertiary/aromatic N) is 3. The van der Waals surface area contributed by atoms with E-state index in [0.717, 1.165) is 18.4 Å². The van der Waals surface area contributed by atoms with Crippen molar-refractivity contribution >= 4 is 15.9 Å². The number of rotatable bonds is 4. The summed E-state index contributed by atoms with van der Waals surface area (Å²) < 4.78 is 25.3. The summed E-state index contributed by atoms with van der Waals surface area (Å²) in [6.45, 7) is 1.66. The molecule has 0 unspecified atom stereocenters. The normalized spacial score (nSPS) is 25.3. The molecule has 0 N–H and O–H groups in total. The highest BCUT2D eigenvalue weighted by Gasteiger charge is 2.39. The van der Waals surface area contributed by atoms with Crippen molar-refractivity contribution in [1.29, 1.82) is 0 Å². The van der Waals surface area contributed by atoms with E-state index in [1.807, 2.05) is 17.0 Å². The zero-order valence-electron chi connectivity index (χ0n) is 13.4. The maximum absolute atomic E-state index is 12.6. The van der Waals surface area contributed by atoms with Crippen molar-refractivity contribution in [2.75, 3.05) is 25.9 Å². The van der Waals surface area contributed by atoms with Crippen LogP contribution in [0.2, 0.25) is 0 Å². The van der Waals surface area contributed by atoms with Crippen molar-refractivity contribution in [3.63, 3.8) is 0 Å². The van der Waals surface area contributed by atoms with Crippen LogP contribution < -0.4 is 0 Å². The molecule has 2 bridgehead atoms. The molecule has 126 valence electrons. The van der Waals surface area contributed by atoms with Gasteiger partial charge in [0.05, 0.1) is 6.26 Å². The molecular weight excluding hydrogens is 314 g/mol. The average Bonchev–Trinajstić information content (AvgIpc) is 2.85. The number of piperidine rings is 1. The Balaban J connectivity index is 1.65. The molecule has 23 heavy (non-hydrogen) atoms. The summed E-state index contributed by atoms with van der Waals surface area (Å²) in [7, 11) is -3.19. The van der Waals surface area contributed by atoms with Crippen molar-refractivity contribution in [2.45, 2.75) is 31.7 Å². The molecule has 1 amide bonds. The summed E-state index contributed by atoms with van der Waals surface area (Å²) in [6, 6.07) is 3.86. The second-order valence-electron chi connectivity index (χ2n) is 6.58. The second-order valence-corrected chi connectivity index (χ2v) is 8.57. The van der Waals surface area contributed by atoms with Gasteiger partial charge >= 0.3 is 0 Å². The fourth-order valence-electron chi connectivity index (χ4n) is 3.56. The van der Waals surface area contributed by atoms with E-state index in [4.69, 9.17) is 0 Å². The van der Waals surface area contributed by atoms with Gasteiger partial charge < -0.3 is 4.90 Å². The van der Waals surface area contributed by atoms with Crippen LogP contribution in [0, 0.1) is 5.92 Å². The topological polar surface area (TPSA) is 70.6 Å². The van der Waals surface area contributed by atoms with Gasteiger partial charge in [0.1, 0.15) is 0 Å². The third kappa shape index (κ3) is 3.90. The number of hydrogen-bond donors (Lipinski definition) is 0. The molecule has 4 heterocycles. The van der Waals surface area contributed by atoms with Gasteiger partial charge in [0.25, 0.3) is 0 Å². The molecule has 6 nitrogen and oxygen atoms in total. The zero-order chi connectivity index (χ0) is 16.4. The Kier molecular flexibility index (Phi) is 4.68. The molecule has 3 aliphatic heterocycles. The maximum atomic E-state index is 12.6. The quantitative estimate of drug-likeness (QED) is 0.818. The highest BCUT2D eigenvalue weighted by atomic mass is 32.2. The number of fused-ring (bicyclic) bond motifs is 4. The molecule has 3 fully saturated rings. The summed E-state index contributed by atoms with van der Waals surface area (Å²) >= 11 is 0. The van der Waals surface area contributed by atoms with Crippen LogP contribution in [0.3, 0.4) is 0 Å². The SMILES string of the molecule is CS(=O)(=O)N1C[C@H]2CC[C@@H](C1)N(C(=O)CCc1cccnc1)C2. The summed E-state index contributed by atoms with van der Waals surface area (Å²) in [4.78, 5) is 18.6. The first-order valence-corrected chi connectivity index (χ1v) is 9.92. The standard InChI is InChI=1S/C16H23N3O3S/c1-23(21,22)18-10-14-4-6-15(12-18)19(11-14)16(20)7-5-13-3-2-8-17-9-13/h2-3,8-9,14-15H,4-7,10-12H2,1H3/t14-,15+/m1/s1. The van der Waals surface area contributed by atoms with Crippen LogP contribution in [0.1, 0.15) is 24.8 Å². The van der Waals surface area contributed by atoms with Gasteiger partial charge in [0, 0.05) is 44.5 Å². The van der Waals surface area contributed by atoms with Crippen molar-refractivity contribution in [3.05, 3.63) is 30.1 Å². The second kappa shape index (κ2) is 6.57. The lowest BCUT2D eigenvalue weighted by atomic mass is 9.94. The number of carbonyl (C=O) groups is 1. The van der Waals surface area contributed by atoms with E-state index in [1.54, 1.807) is 16.7 Å². The number of aryl methyl sites for hydroxylation is 1. The van der Waals surface area contributed by atoms with Crippen LogP contribution >= 0.6 is 0 Å². The highest BCUT2D eigenvalue weighted by Crippen LogP contribution is 2.29. The smallest absolute Gasteiger partial charge is 0.223 e. The van der Waals surface area contributed by atoms with Crippen molar-refractivity contribution in [2.24, 2.45) is 5.92 Å². The summed E-state index contributed by atoms with van der Waals surface area (Å²) in [6.07, 6.45) is 7.79. The lowest BCUT2D eigenvalue weighted by molar-refractivity contribution is -0.135. The number of hydrogen-bond acceptors (Lipinski definition) is 4. The minimum atomic E-state index is -3.19. The monoisotopic (exact) mass is 337 g/mol. The Morgan fingerprint density at radius 1 is 1.30 bits per heavy atom. The third-order valence-corrected chi connectivity index (χ3v) is 6.06. The van der Waals surface area contributed by atoms with E-state index in [1.165, 1.54) is 6.26 Å². The van der Waals surface area contributed by atoms with Gasteiger partial charge in [0.2, 0.25) is 15.9 Å². The van der Waals surface area contributed by atoms with Gasteiger partial charge in [-0.15, -0.1) is 0 Å². The third-order valence-electron chi connectivity index (χ3n) is 4.82. The molecule has 0 aliphatic carbocycles. The summed E-state index contributed by atoms with van der Waals surface area (Å²) in [5.41, 5.74) is 1.05. The van der Waals surface area contributed by atoms with E-state index in [2.05, 4.69) is 4.98 Å². The first-order valence-electron chi connectivity index (χ1n) is 8.07. The molecule has 0 saturated carbocycles. The average molecular weight is 337 g/mol. The van der Waals surface area contributed by atoms with E-state index in [-0.39, 0.29) is 17.9 Å². The first kappa shape index (κ1) is 16.4. The molecule has 1 aromatic heterocycles. The van der Waals surface area contributed by atoms with Gasteiger partial charge in [0.15, 0.2) is 0 Å². The van der Waals surface area contributed by atoms with E-state index in [9.17, 15) is 13.2 Å². The van der Waals surface area contributed by atoms with Crippen LogP contribution in [0.15, 0.2) is 24.5 Å². The molecule has 4 rings (SSSR count). The lowest BCUT2D eigenvalue weighted by Gasteiger charge is -2.36. The van der Waals surface area contributed by atoms with E-state index < -0.39 is 10.0 Å². The van der Waals surface area contributed by atoms with Crippen molar-refractivity contribution in [1.82, 2.24) is 14.2 Å². The molecule has 1 aromatic rings. The van der Waals surface area contributed by atoms with Crippen LogP contribution in [0.5, 0.6) is 0 Å². The molecule has 0 radical (unpaired) electrons. The zero-order valence-corrected chi connectivity index (χ0v) is 14.2. The number of aromatic nitrogens is 1. The van der Waals surface area contributed by atoms with Gasteiger partial charge in [-0.05, 0) is 36.8 Å². The fourth-order valence-corrected chi connectivity index (χ4v) is 4.48. The summed E-state index contributed by atoms with van der Waals surface area (Å²) in [5, 5.41) is 0. The Morgan fingerprint density at radius 3 is 2.83 bits per heavy atom. The highest BCUT2D eigenvalue weighted by molar-refractivity contribution is 7.88. The van der Waals surface area contributed by atoms with E-state index in [0.29, 0.717) is 32.5 Å². The Labute approximate surface area is 137 Å². The maximum Gasteiger partial charge on any atom is 0.223 e. The van der Waals surface area contributed by atoms with Crippen molar-refractivity contribution < 1.29 is 13.2 Å². The van der Waals surface area contributed by atoms with Gasteiger partial charge in [-0.1, -0.05) is 6.07 Å². The fraction of sp³-hybridized carbons (Fsp3) is 0.625. The number of carbonyl (C=O) groups excluding carboxylic acids is 1. The molecular formula is C16H23N3O3S.